The van der Waals surface area contributed by atoms with E-state index >= 15 is 0 Å². The summed E-state index contributed by atoms with van der Waals surface area (Å²) in [6.45, 7) is 4.08. The highest BCUT2D eigenvalue weighted by molar-refractivity contribution is 6.35. The quantitative estimate of drug-likeness (QED) is 0.407. The van der Waals surface area contributed by atoms with Gasteiger partial charge in [-0.1, -0.05) is 37.0 Å². The molecule has 2 rings (SSSR count). The number of esters is 1. The number of hydrogen-bond donors (Lipinski definition) is 0. The number of hydrogen-bond acceptors (Lipinski definition) is 4. The first-order chi connectivity index (χ1) is 11.4. The van der Waals surface area contributed by atoms with E-state index in [1.165, 1.54) is 6.08 Å². The first-order valence-electron chi connectivity index (χ1n) is 7.25. The Kier molecular flexibility index (Phi) is 6.08. The maximum Gasteiger partial charge on any atom is 0.349 e. The van der Waals surface area contributed by atoms with Crippen LogP contribution in [0.4, 0.5) is 0 Å². The molecule has 4 nitrogen and oxygen atoms in total. The molecule has 0 N–H and O–H groups in total. The lowest BCUT2D eigenvalue weighted by atomic mass is 10.2. The molecule has 0 spiro atoms. The van der Waals surface area contributed by atoms with Crippen LogP contribution < -0.4 is 0 Å². The fraction of sp³-hybridized carbons (Fsp3) is 0.222. The highest BCUT2D eigenvalue weighted by Gasteiger charge is 2.14. The molecule has 0 saturated heterocycles. The maximum absolute atomic E-state index is 11.9. The van der Waals surface area contributed by atoms with E-state index in [0.717, 1.165) is 0 Å². The van der Waals surface area contributed by atoms with Crippen molar-refractivity contribution in [1.29, 1.82) is 5.26 Å². The van der Waals surface area contributed by atoms with E-state index < -0.39 is 5.97 Å². The van der Waals surface area contributed by atoms with Gasteiger partial charge >= 0.3 is 5.97 Å². The SMILES string of the molecule is CC(C)COC(=O)C(C#N)=Cc1ccc(-c2cc(Cl)ccc2Cl)o1. The molecule has 1 aromatic heterocycles. The number of carbonyl (C=O) groups excluding carboxylic acids is 1. The summed E-state index contributed by atoms with van der Waals surface area (Å²) in [5.74, 6) is 0.347. The third-order valence-electron chi connectivity index (χ3n) is 3.00. The van der Waals surface area contributed by atoms with Gasteiger partial charge in [-0.15, -0.1) is 0 Å². The molecule has 1 heterocycles. The molecule has 0 unspecified atom stereocenters. The second kappa shape index (κ2) is 8.05. The van der Waals surface area contributed by atoms with E-state index in [1.54, 1.807) is 30.3 Å². The van der Waals surface area contributed by atoms with Crippen molar-refractivity contribution in [3.63, 3.8) is 0 Å². The monoisotopic (exact) mass is 363 g/mol. The maximum atomic E-state index is 11.9. The largest absolute Gasteiger partial charge is 0.461 e. The Hall–Kier alpha value is -2.22. The number of ether oxygens (including phenoxy) is 1. The van der Waals surface area contributed by atoms with Gasteiger partial charge < -0.3 is 9.15 Å². The fourth-order valence-corrected chi connectivity index (χ4v) is 2.24. The Labute approximate surface area is 150 Å². The number of halogens is 2. The lowest BCUT2D eigenvalue weighted by molar-refractivity contribution is -0.139. The normalized spacial score (nSPS) is 11.4. The molecular weight excluding hydrogens is 349 g/mol. The molecule has 0 aliphatic rings. The van der Waals surface area contributed by atoms with Crippen LogP contribution in [0.25, 0.3) is 17.4 Å². The lowest BCUT2D eigenvalue weighted by Gasteiger charge is -2.05. The Morgan fingerprint density at radius 2 is 2.08 bits per heavy atom. The molecule has 0 atom stereocenters. The number of carbonyl (C=O) groups is 1. The minimum Gasteiger partial charge on any atom is -0.461 e. The predicted molar refractivity (Wildman–Crippen MR) is 93.6 cm³/mol. The molecule has 24 heavy (non-hydrogen) atoms. The van der Waals surface area contributed by atoms with Crippen molar-refractivity contribution < 1.29 is 13.9 Å². The zero-order chi connectivity index (χ0) is 17.7. The standard InChI is InChI=1S/C18H15Cl2NO3/c1-11(2)10-23-18(22)12(9-21)7-14-4-6-17(24-14)15-8-13(19)3-5-16(15)20/h3-8,11H,10H2,1-2H3. The van der Waals surface area contributed by atoms with Crippen LogP contribution in [0.15, 0.2) is 40.3 Å². The van der Waals surface area contributed by atoms with Crippen molar-refractivity contribution >= 4 is 35.2 Å². The van der Waals surface area contributed by atoms with E-state index in [0.29, 0.717) is 27.1 Å². The van der Waals surface area contributed by atoms with Crippen molar-refractivity contribution in [2.24, 2.45) is 5.92 Å². The van der Waals surface area contributed by atoms with Gasteiger partial charge in [-0.3, -0.25) is 0 Å². The molecule has 0 amide bonds. The summed E-state index contributed by atoms with van der Waals surface area (Å²) in [6.07, 6.45) is 1.34. The molecular formula is C18H15Cl2NO3. The van der Waals surface area contributed by atoms with Gasteiger partial charge in [-0.2, -0.15) is 5.26 Å². The van der Waals surface area contributed by atoms with Crippen molar-refractivity contribution in [1.82, 2.24) is 0 Å². The van der Waals surface area contributed by atoms with Gasteiger partial charge in [0.25, 0.3) is 0 Å². The number of rotatable bonds is 5. The second-order valence-electron chi connectivity index (χ2n) is 5.49. The van der Waals surface area contributed by atoms with Gasteiger partial charge in [0.1, 0.15) is 23.2 Å². The lowest BCUT2D eigenvalue weighted by Crippen LogP contribution is -2.11. The summed E-state index contributed by atoms with van der Waals surface area (Å²) < 4.78 is 10.7. The molecule has 0 aliphatic carbocycles. The van der Waals surface area contributed by atoms with Crippen LogP contribution in [-0.4, -0.2) is 12.6 Å². The predicted octanol–water partition coefficient (Wildman–Crippen LogP) is 5.36. The number of furan rings is 1. The first kappa shape index (κ1) is 18.1. The molecule has 1 aromatic carbocycles. The van der Waals surface area contributed by atoms with Crippen LogP contribution in [0.5, 0.6) is 0 Å². The van der Waals surface area contributed by atoms with E-state index in [2.05, 4.69) is 0 Å². The molecule has 124 valence electrons. The average Bonchev–Trinajstić information content (AvgIpc) is 3.01. The third kappa shape index (κ3) is 4.64. The molecule has 0 fully saturated rings. The average molecular weight is 364 g/mol. The van der Waals surface area contributed by atoms with Crippen molar-refractivity contribution in [3.05, 3.63) is 51.7 Å². The van der Waals surface area contributed by atoms with E-state index in [-0.39, 0.29) is 18.1 Å². The van der Waals surface area contributed by atoms with Gasteiger partial charge in [-0.25, -0.2) is 4.79 Å². The van der Waals surface area contributed by atoms with Crippen molar-refractivity contribution in [2.45, 2.75) is 13.8 Å². The second-order valence-corrected chi connectivity index (χ2v) is 6.33. The highest BCUT2D eigenvalue weighted by atomic mass is 35.5. The number of nitriles is 1. The Bertz CT molecular complexity index is 816. The Balaban J connectivity index is 2.24. The minimum atomic E-state index is -0.676. The molecule has 0 radical (unpaired) electrons. The van der Waals surface area contributed by atoms with Gasteiger partial charge in [0.2, 0.25) is 0 Å². The minimum absolute atomic E-state index is 0.131. The molecule has 2 aromatic rings. The highest BCUT2D eigenvalue weighted by Crippen LogP contribution is 2.32. The first-order valence-corrected chi connectivity index (χ1v) is 8.00. The van der Waals surface area contributed by atoms with E-state index in [4.69, 9.17) is 37.6 Å². The molecule has 0 saturated carbocycles. The zero-order valence-electron chi connectivity index (χ0n) is 13.2. The van der Waals surface area contributed by atoms with Crippen LogP contribution in [0, 0.1) is 17.2 Å². The number of nitrogens with zero attached hydrogens (tertiary/aromatic N) is 1. The molecule has 0 bridgehead atoms. The van der Waals surface area contributed by atoms with Crippen molar-refractivity contribution in [2.75, 3.05) is 6.61 Å². The summed E-state index contributed by atoms with van der Waals surface area (Å²) in [5.41, 5.74) is 0.499. The summed E-state index contributed by atoms with van der Waals surface area (Å²) in [7, 11) is 0. The van der Waals surface area contributed by atoms with Gasteiger partial charge in [0.05, 0.1) is 11.6 Å². The van der Waals surface area contributed by atoms with Crippen LogP contribution in [-0.2, 0) is 9.53 Å². The summed E-state index contributed by atoms with van der Waals surface area (Å²) in [4.78, 5) is 11.9. The summed E-state index contributed by atoms with van der Waals surface area (Å²) in [5, 5.41) is 10.1. The fourth-order valence-electron chi connectivity index (χ4n) is 1.86. The van der Waals surface area contributed by atoms with Crippen LogP contribution >= 0.6 is 23.2 Å². The van der Waals surface area contributed by atoms with E-state index in [1.807, 2.05) is 19.9 Å². The zero-order valence-corrected chi connectivity index (χ0v) is 14.7. The molecule has 6 heteroatoms. The van der Waals surface area contributed by atoms with Gasteiger partial charge in [-0.05, 0) is 36.2 Å². The smallest absolute Gasteiger partial charge is 0.349 e. The topological polar surface area (TPSA) is 63.2 Å². The van der Waals surface area contributed by atoms with Gasteiger partial charge in [0.15, 0.2) is 0 Å². The summed E-state index contributed by atoms with van der Waals surface area (Å²) >= 11 is 12.1. The van der Waals surface area contributed by atoms with Crippen LogP contribution in [0.3, 0.4) is 0 Å². The number of benzene rings is 1. The van der Waals surface area contributed by atoms with Gasteiger partial charge in [0, 0.05) is 16.7 Å². The third-order valence-corrected chi connectivity index (χ3v) is 3.56. The Morgan fingerprint density at radius 1 is 1.33 bits per heavy atom. The Morgan fingerprint density at radius 3 is 2.75 bits per heavy atom. The van der Waals surface area contributed by atoms with Crippen molar-refractivity contribution in [3.8, 4) is 17.4 Å². The molecule has 0 aliphatic heterocycles. The van der Waals surface area contributed by atoms with Crippen LogP contribution in [0.2, 0.25) is 10.0 Å². The summed E-state index contributed by atoms with van der Waals surface area (Å²) in [6, 6.07) is 10.2. The van der Waals surface area contributed by atoms with E-state index in [9.17, 15) is 4.79 Å². The van der Waals surface area contributed by atoms with Crippen LogP contribution in [0.1, 0.15) is 19.6 Å².